The molecule has 1 unspecified atom stereocenters. The van der Waals surface area contributed by atoms with Gasteiger partial charge in [-0.3, -0.25) is 4.90 Å². The lowest BCUT2D eigenvalue weighted by Gasteiger charge is -2.33. The van der Waals surface area contributed by atoms with Crippen LogP contribution in [0.4, 0.5) is 4.79 Å². The molecule has 0 saturated carbocycles. The molecule has 2 aliphatic rings. The van der Waals surface area contributed by atoms with E-state index in [1.807, 2.05) is 0 Å². The Bertz CT molecular complexity index is 819. The summed E-state index contributed by atoms with van der Waals surface area (Å²) in [6.45, 7) is 7.53. The maximum atomic E-state index is 13.0. The summed E-state index contributed by atoms with van der Waals surface area (Å²) >= 11 is 0. The molecule has 0 aromatic heterocycles. The Hall–Kier alpha value is -1.01. The highest BCUT2D eigenvalue weighted by Crippen LogP contribution is 2.40. The monoisotopic (exact) mass is 332 g/mol. The summed E-state index contributed by atoms with van der Waals surface area (Å²) in [6, 6.07) is -3.52. The van der Waals surface area contributed by atoms with Gasteiger partial charge in [0.25, 0.3) is 0 Å². The quantitative estimate of drug-likeness (QED) is 0.683. The number of hydrogen-bond acceptors (Lipinski definition) is 4. The smallest absolute Gasteiger partial charge is 0.443 e. The Kier molecular flexibility index (Phi) is 2.39. The standard InChI is InChI=1S/C17H30BNO4/c1-12-9-10-13(11-19(12)14(20)21-15(2,3)4)18-22-16(5,6)17(7,8)23-18/h11-12H,9-10H2,1-8H3/i1D3,9D2,10D2,11D,12D. The lowest BCUT2D eigenvalue weighted by atomic mass is 9.74. The highest BCUT2D eigenvalue weighted by atomic mass is 16.7. The Morgan fingerprint density at radius 1 is 1.48 bits per heavy atom. The molecule has 1 atom stereocenters. The fourth-order valence-electron chi connectivity index (χ4n) is 1.90. The number of amides is 1. The molecule has 0 aromatic rings. The molecule has 1 saturated heterocycles. The topological polar surface area (TPSA) is 48.0 Å². The van der Waals surface area contributed by atoms with Crippen LogP contribution in [-0.4, -0.2) is 40.9 Å². The van der Waals surface area contributed by atoms with Crippen molar-refractivity contribution < 1.29 is 31.2 Å². The van der Waals surface area contributed by atoms with Gasteiger partial charge in [-0.1, -0.05) is 0 Å². The van der Waals surface area contributed by atoms with Crippen LogP contribution in [0.2, 0.25) is 0 Å². The molecule has 130 valence electrons. The zero-order valence-electron chi connectivity index (χ0n) is 23.7. The molecule has 23 heavy (non-hydrogen) atoms. The van der Waals surface area contributed by atoms with Crippen molar-refractivity contribution in [3.63, 3.8) is 0 Å². The predicted octanol–water partition coefficient (Wildman–Crippen LogP) is 3.92. The molecule has 2 heterocycles. The van der Waals surface area contributed by atoms with E-state index in [0.717, 1.165) is 0 Å². The van der Waals surface area contributed by atoms with E-state index in [4.69, 9.17) is 26.4 Å². The Balaban J connectivity index is 2.86. The second kappa shape index (κ2) is 5.81. The van der Waals surface area contributed by atoms with Gasteiger partial charge in [0.15, 0.2) is 0 Å². The highest BCUT2D eigenvalue weighted by molar-refractivity contribution is 6.54. The lowest BCUT2D eigenvalue weighted by molar-refractivity contribution is 0.00578. The summed E-state index contributed by atoms with van der Waals surface area (Å²) in [5.41, 5.74) is -3.89. The van der Waals surface area contributed by atoms with Crippen molar-refractivity contribution in [2.45, 2.75) is 90.9 Å². The lowest BCUT2D eigenvalue weighted by Crippen LogP contribution is -2.42. The third kappa shape index (κ3) is 3.91. The molecule has 6 heteroatoms. The maximum absolute atomic E-state index is 13.0. The van der Waals surface area contributed by atoms with Crippen LogP contribution in [0.1, 0.15) is 80.4 Å². The van der Waals surface area contributed by atoms with Gasteiger partial charge in [0, 0.05) is 21.8 Å². The molecule has 0 bridgehead atoms. The van der Waals surface area contributed by atoms with Gasteiger partial charge < -0.3 is 14.0 Å². The van der Waals surface area contributed by atoms with Crippen LogP contribution in [0.3, 0.4) is 0 Å². The first-order valence-electron chi connectivity index (χ1n) is 12.0. The molecule has 0 N–H and O–H groups in total. The van der Waals surface area contributed by atoms with E-state index in [1.54, 1.807) is 27.7 Å². The molecule has 0 radical (unpaired) electrons. The largest absolute Gasteiger partial charge is 0.492 e. The van der Waals surface area contributed by atoms with Gasteiger partial charge in [0.1, 0.15) is 5.60 Å². The molecule has 5 nitrogen and oxygen atoms in total. The zero-order chi connectivity index (χ0) is 25.5. The molecule has 0 spiro atoms. The average Bonchev–Trinajstić information content (AvgIpc) is 2.70. The molecule has 2 rings (SSSR count). The molecular weight excluding hydrogens is 293 g/mol. The van der Waals surface area contributed by atoms with Gasteiger partial charge in [-0.15, -0.1) is 0 Å². The molecule has 2 aliphatic heterocycles. The number of ether oxygens (including phenoxy) is 1. The number of carbonyl (C=O) groups is 1. The van der Waals surface area contributed by atoms with Crippen LogP contribution < -0.4 is 0 Å². The minimum absolute atomic E-state index is 0.0486. The summed E-state index contributed by atoms with van der Waals surface area (Å²) in [6.07, 6.45) is -9.27. The normalized spacial score (nSPS) is 41.3. The number of rotatable bonds is 1. The SMILES string of the molecule is [2H]C1=C(B2OC(C)(C)C(C)(C)O2)C([2H])([2H])C([2H])([2H])C([2H])(C([2H])([2H])[2H])N1C(=O)OC(C)(C)C. The van der Waals surface area contributed by atoms with E-state index in [1.165, 1.54) is 20.8 Å². The van der Waals surface area contributed by atoms with Crippen LogP contribution in [0, 0.1) is 0 Å². The van der Waals surface area contributed by atoms with Crippen LogP contribution in [0.25, 0.3) is 0 Å². The van der Waals surface area contributed by atoms with Crippen LogP contribution in [-0.2, 0) is 14.0 Å². The van der Waals surface area contributed by atoms with Crippen molar-refractivity contribution in [2.75, 3.05) is 0 Å². The summed E-state index contributed by atoms with van der Waals surface area (Å²) in [7, 11) is -1.61. The minimum Gasteiger partial charge on any atom is -0.443 e. The van der Waals surface area contributed by atoms with Gasteiger partial charge in [0.05, 0.1) is 13.9 Å². The number of nitrogens with zero attached hydrogens (tertiary/aromatic N) is 1. The zero-order valence-corrected chi connectivity index (χ0v) is 14.7. The van der Waals surface area contributed by atoms with E-state index in [0.29, 0.717) is 0 Å². The molecule has 1 amide bonds. The Morgan fingerprint density at radius 3 is 2.52 bits per heavy atom. The summed E-state index contributed by atoms with van der Waals surface area (Å²) in [5.74, 6) is 0. The fraction of sp³-hybridized carbons (Fsp3) is 0.824. The third-order valence-electron chi connectivity index (χ3n) is 3.84. The van der Waals surface area contributed by atoms with E-state index in [2.05, 4.69) is 0 Å². The second-order valence-electron chi connectivity index (χ2n) is 7.53. The summed E-state index contributed by atoms with van der Waals surface area (Å²) < 4.78 is 91.3. The molecular formula is C17H30BNO4. The average molecular weight is 332 g/mol. The molecule has 1 fully saturated rings. The highest BCUT2D eigenvalue weighted by Gasteiger charge is 2.52. The number of allylic oxidation sites excluding steroid dienone is 1. The van der Waals surface area contributed by atoms with Crippen molar-refractivity contribution >= 4 is 13.2 Å². The Labute approximate surface area is 153 Å². The molecule has 0 aromatic carbocycles. The number of hydrogen-bond donors (Lipinski definition) is 0. The van der Waals surface area contributed by atoms with E-state index < -0.39 is 67.3 Å². The first-order valence-corrected chi connectivity index (χ1v) is 7.45. The summed E-state index contributed by atoms with van der Waals surface area (Å²) in [4.78, 5) is 13.1. The van der Waals surface area contributed by atoms with Crippen molar-refractivity contribution in [2.24, 2.45) is 0 Å². The van der Waals surface area contributed by atoms with E-state index >= 15 is 0 Å². The maximum Gasteiger partial charge on any atom is 0.492 e. The molecule has 0 aliphatic carbocycles. The number of carbonyl (C=O) groups excluding carboxylic acids is 1. The van der Waals surface area contributed by atoms with Gasteiger partial charge >= 0.3 is 13.2 Å². The first kappa shape index (κ1) is 9.47. The third-order valence-corrected chi connectivity index (χ3v) is 3.84. The fourth-order valence-corrected chi connectivity index (χ4v) is 1.90. The minimum atomic E-state index is -3.55. The van der Waals surface area contributed by atoms with Crippen molar-refractivity contribution in [1.82, 2.24) is 4.90 Å². The first-order chi connectivity index (χ1) is 13.9. The van der Waals surface area contributed by atoms with Gasteiger partial charge in [0.2, 0.25) is 0 Å². The summed E-state index contributed by atoms with van der Waals surface area (Å²) in [5, 5.41) is 0. The van der Waals surface area contributed by atoms with Crippen molar-refractivity contribution in [3.05, 3.63) is 11.6 Å². The Morgan fingerprint density at radius 2 is 2.04 bits per heavy atom. The van der Waals surface area contributed by atoms with Crippen molar-refractivity contribution in [3.8, 4) is 0 Å². The van der Waals surface area contributed by atoms with Gasteiger partial charge in [-0.05, 0) is 73.5 Å². The van der Waals surface area contributed by atoms with E-state index in [9.17, 15) is 4.79 Å². The second-order valence-corrected chi connectivity index (χ2v) is 7.53. The van der Waals surface area contributed by atoms with Crippen molar-refractivity contribution in [1.29, 1.82) is 0 Å². The van der Waals surface area contributed by atoms with Gasteiger partial charge in [-0.25, -0.2) is 4.79 Å². The predicted molar refractivity (Wildman–Crippen MR) is 90.9 cm³/mol. The van der Waals surface area contributed by atoms with Crippen LogP contribution in [0.5, 0.6) is 0 Å². The van der Waals surface area contributed by atoms with E-state index in [-0.39, 0.29) is 4.90 Å². The van der Waals surface area contributed by atoms with Crippen LogP contribution in [0.15, 0.2) is 11.6 Å². The van der Waals surface area contributed by atoms with Crippen LogP contribution >= 0.6 is 0 Å². The van der Waals surface area contributed by atoms with Gasteiger partial charge in [-0.2, -0.15) is 0 Å².